The van der Waals surface area contributed by atoms with Crippen LogP contribution in [0.3, 0.4) is 0 Å². The van der Waals surface area contributed by atoms with Crippen LogP contribution in [-0.4, -0.2) is 18.6 Å². The van der Waals surface area contributed by atoms with Crippen LogP contribution in [0.2, 0.25) is 0 Å². The molecule has 2 rings (SSSR count). The second kappa shape index (κ2) is 6.60. The second-order valence-corrected chi connectivity index (χ2v) is 4.56. The molecule has 6 heteroatoms. The summed E-state index contributed by atoms with van der Waals surface area (Å²) in [5, 5.41) is 14.1. The summed E-state index contributed by atoms with van der Waals surface area (Å²) in [6.45, 7) is 0.581. The highest BCUT2D eigenvalue weighted by atomic mass is 16.6. The first kappa shape index (κ1) is 14.6. The van der Waals surface area contributed by atoms with Crippen LogP contribution in [0.4, 0.5) is 17.1 Å². The molecule has 0 heterocycles. The van der Waals surface area contributed by atoms with Crippen LogP contribution in [0.5, 0.6) is 5.75 Å². The number of methoxy groups -OCH3 is 1. The Morgan fingerprint density at radius 2 is 1.95 bits per heavy atom. The molecule has 0 unspecified atom stereocenters. The lowest BCUT2D eigenvalue weighted by atomic mass is 10.1. The van der Waals surface area contributed by atoms with Crippen molar-refractivity contribution in [3.63, 3.8) is 0 Å². The van der Waals surface area contributed by atoms with E-state index in [1.165, 1.54) is 13.2 Å². The van der Waals surface area contributed by atoms with Crippen molar-refractivity contribution in [3.8, 4) is 5.75 Å². The maximum atomic E-state index is 11.0. The van der Waals surface area contributed by atoms with Crippen molar-refractivity contribution in [1.82, 2.24) is 0 Å². The standard InChI is InChI=1S/C15H17N3O3/c1-21-13-6-7-15(18(19)20)14(10-13)17-9-8-11-2-4-12(16)5-3-11/h2-7,10,17H,8-9,16H2,1H3. The molecule has 0 fully saturated rings. The number of nitro benzene ring substituents is 1. The lowest BCUT2D eigenvalue weighted by molar-refractivity contribution is -0.384. The highest BCUT2D eigenvalue weighted by Crippen LogP contribution is 2.28. The Bertz CT molecular complexity index is 627. The highest BCUT2D eigenvalue weighted by molar-refractivity contribution is 5.64. The molecule has 0 aromatic heterocycles. The van der Waals surface area contributed by atoms with Gasteiger partial charge < -0.3 is 15.8 Å². The molecule has 0 radical (unpaired) electrons. The number of hydrogen-bond donors (Lipinski definition) is 2. The largest absolute Gasteiger partial charge is 0.497 e. The molecule has 0 saturated heterocycles. The van der Waals surface area contributed by atoms with Gasteiger partial charge in [0.15, 0.2) is 0 Å². The first-order chi connectivity index (χ1) is 10.1. The molecule has 0 saturated carbocycles. The van der Waals surface area contributed by atoms with Gasteiger partial charge in [-0.3, -0.25) is 10.1 Å². The van der Waals surface area contributed by atoms with Crippen LogP contribution in [0.25, 0.3) is 0 Å². The minimum absolute atomic E-state index is 0.0353. The van der Waals surface area contributed by atoms with Crippen molar-refractivity contribution in [2.24, 2.45) is 0 Å². The number of nitrogens with two attached hydrogens (primary N) is 1. The first-order valence-electron chi connectivity index (χ1n) is 6.51. The van der Waals surface area contributed by atoms with Crippen LogP contribution < -0.4 is 15.8 Å². The zero-order valence-electron chi connectivity index (χ0n) is 11.7. The summed E-state index contributed by atoms with van der Waals surface area (Å²) >= 11 is 0. The summed E-state index contributed by atoms with van der Waals surface area (Å²) in [6, 6.07) is 12.2. The number of anilines is 2. The number of nitrogen functional groups attached to an aromatic ring is 1. The summed E-state index contributed by atoms with van der Waals surface area (Å²) in [4.78, 5) is 10.6. The molecule has 0 amide bonds. The normalized spacial score (nSPS) is 10.1. The van der Waals surface area contributed by atoms with Gasteiger partial charge in [0.2, 0.25) is 0 Å². The summed E-state index contributed by atoms with van der Waals surface area (Å²) in [5.41, 5.74) is 7.95. The highest BCUT2D eigenvalue weighted by Gasteiger charge is 2.14. The van der Waals surface area contributed by atoms with E-state index < -0.39 is 4.92 Å². The van der Waals surface area contributed by atoms with Crippen LogP contribution in [0.15, 0.2) is 42.5 Å². The minimum atomic E-state index is -0.412. The van der Waals surface area contributed by atoms with Crippen LogP contribution in [0, 0.1) is 10.1 Å². The quantitative estimate of drug-likeness (QED) is 0.484. The van der Waals surface area contributed by atoms with Crippen molar-refractivity contribution in [2.75, 3.05) is 24.7 Å². The third-order valence-electron chi connectivity index (χ3n) is 3.11. The van der Waals surface area contributed by atoms with Crippen LogP contribution in [0.1, 0.15) is 5.56 Å². The summed E-state index contributed by atoms with van der Waals surface area (Å²) in [7, 11) is 1.53. The lowest BCUT2D eigenvalue weighted by Gasteiger charge is -2.09. The van der Waals surface area contributed by atoms with Gasteiger partial charge in [-0.15, -0.1) is 0 Å². The average molecular weight is 287 g/mol. The summed E-state index contributed by atoms with van der Waals surface area (Å²) in [5.74, 6) is 0.579. The Morgan fingerprint density at radius 1 is 1.24 bits per heavy atom. The Morgan fingerprint density at radius 3 is 2.57 bits per heavy atom. The van der Waals surface area contributed by atoms with Crippen LogP contribution in [-0.2, 0) is 6.42 Å². The Hall–Kier alpha value is -2.76. The Balaban J connectivity index is 2.04. The van der Waals surface area contributed by atoms with Crippen molar-refractivity contribution in [1.29, 1.82) is 0 Å². The van der Waals surface area contributed by atoms with E-state index in [2.05, 4.69) is 5.32 Å². The molecule has 0 atom stereocenters. The smallest absolute Gasteiger partial charge is 0.292 e. The van der Waals surface area contributed by atoms with Gasteiger partial charge in [0.25, 0.3) is 5.69 Å². The lowest BCUT2D eigenvalue weighted by Crippen LogP contribution is -2.07. The maximum Gasteiger partial charge on any atom is 0.292 e. The molecule has 0 spiro atoms. The van der Waals surface area contributed by atoms with Gasteiger partial charge in [-0.1, -0.05) is 12.1 Å². The fraction of sp³-hybridized carbons (Fsp3) is 0.200. The number of nitrogens with zero attached hydrogens (tertiary/aromatic N) is 1. The molecule has 0 aliphatic carbocycles. The van der Waals surface area contributed by atoms with Crippen molar-refractivity contribution < 1.29 is 9.66 Å². The number of rotatable bonds is 6. The van der Waals surface area contributed by atoms with E-state index in [1.54, 1.807) is 12.1 Å². The molecule has 0 bridgehead atoms. The molecular weight excluding hydrogens is 270 g/mol. The van der Waals surface area contributed by atoms with Crippen molar-refractivity contribution in [3.05, 3.63) is 58.1 Å². The number of ether oxygens (including phenoxy) is 1. The fourth-order valence-corrected chi connectivity index (χ4v) is 1.97. The zero-order chi connectivity index (χ0) is 15.2. The number of hydrogen-bond acceptors (Lipinski definition) is 5. The van der Waals surface area contributed by atoms with E-state index in [0.717, 1.165) is 17.7 Å². The minimum Gasteiger partial charge on any atom is -0.497 e. The third-order valence-corrected chi connectivity index (χ3v) is 3.11. The van der Waals surface area contributed by atoms with Gasteiger partial charge in [0, 0.05) is 24.4 Å². The Labute approximate surface area is 122 Å². The molecule has 21 heavy (non-hydrogen) atoms. The molecule has 6 nitrogen and oxygen atoms in total. The average Bonchev–Trinajstić information content (AvgIpc) is 2.49. The fourth-order valence-electron chi connectivity index (χ4n) is 1.97. The third kappa shape index (κ3) is 3.85. The first-order valence-corrected chi connectivity index (χ1v) is 6.51. The Kier molecular flexibility index (Phi) is 4.61. The van der Waals surface area contributed by atoms with Gasteiger partial charge >= 0.3 is 0 Å². The predicted molar refractivity (Wildman–Crippen MR) is 82.7 cm³/mol. The molecule has 3 N–H and O–H groups in total. The van der Waals surface area contributed by atoms with E-state index in [9.17, 15) is 10.1 Å². The summed E-state index contributed by atoms with van der Waals surface area (Å²) in [6.07, 6.45) is 0.745. The maximum absolute atomic E-state index is 11.0. The van der Waals surface area contributed by atoms with Gasteiger partial charge in [-0.05, 0) is 30.2 Å². The monoisotopic (exact) mass is 287 g/mol. The molecule has 2 aromatic carbocycles. The van der Waals surface area contributed by atoms with Gasteiger partial charge in [-0.25, -0.2) is 0 Å². The molecule has 0 aliphatic rings. The predicted octanol–water partition coefficient (Wildman–Crippen LogP) is 2.84. The summed E-state index contributed by atoms with van der Waals surface area (Å²) < 4.78 is 5.09. The SMILES string of the molecule is COc1ccc([N+](=O)[O-])c(NCCc2ccc(N)cc2)c1. The molecule has 0 aliphatic heterocycles. The molecular formula is C15H17N3O3. The van der Waals surface area contributed by atoms with Crippen molar-refractivity contribution >= 4 is 17.1 Å². The number of nitrogens with one attached hydrogen (secondary N) is 1. The van der Waals surface area contributed by atoms with Gasteiger partial charge in [-0.2, -0.15) is 0 Å². The van der Waals surface area contributed by atoms with E-state index in [1.807, 2.05) is 24.3 Å². The molecule has 110 valence electrons. The van der Waals surface area contributed by atoms with Gasteiger partial charge in [0.05, 0.1) is 12.0 Å². The van der Waals surface area contributed by atoms with Crippen molar-refractivity contribution in [2.45, 2.75) is 6.42 Å². The van der Waals surface area contributed by atoms with Crippen LogP contribution >= 0.6 is 0 Å². The van der Waals surface area contributed by atoms with E-state index in [0.29, 0.717) is 18.0 Å². The second-order valence-electron chi connectivity index (χ2n) is 4.56. The topological polar surface area (TPSA) is 90.4 Å². The molecule has 2 aromatic rings. The van der Waals surface area contributed by atoms with E-state index >= 15 is 0 Å². The van der Waals surface area contributed by atoms with E-state index in [-0.39, 0.29) is 5.69 Å². The zero-order valence-corrected chi connectivity index (χ0v) is 11.7. The number of benzene rings is 2. The van der Waals surface area contributed by atoms with Gasteiger partial charge in [0.1, 0.15) is 11.4 Å². The van der Waals surface area contributed by atoms with E-state index in [4.69, 9.17) is 10.5 Å². The number of nitro groups is 1.